The Morgan fingerprint density at radius 2 is 1.48 bits per heavy atom. The number of hydrogen-bond acceptors (Lipinski definition) is 0. The Labute approximate surface area is 126 Å². The first-order valence-electron chi connectivity index (χ1n) is 8.13. The second-order valence-corrected chi connectivity index (χ2v) is 5.90. The predicted molar refractivity (Wildman–Crippen MR) is 82.5 cm³/mol. The summed E-state index contributed by atoms with van der Waals surface area (Å²) in [5.74, 6) is -0.0292. The maximum Gasteiger partial charge on any atom is 0.416 e. The molecule has 0 radical (unpaired) electrons. The summed E-state index contributed by atoms with van der Waals surface area (Å²) in [6.07, 6.45) is 4.99. The van der Waals surface area contributed by atoms with E-state index in [9.17, 15) is 13.2 Å². The van der Waals surface area contributed by atoms with Crippen molar-refractivity contribution in [3.05, 3.63) is 35.4 Å². The van der Waals surface area contributed by atoms with Crippen molar-refractivity contribution in [3.8, 4) is 0 Å². The van der Waals surface area contributed by atoms with Crippen LogP contribution >= 0.6 is 0 Å². The van der Waals surface area contributed by atoms with Crippen LogP contribution in [0.1, 0.15) is 82.3 Å². The third kappa shape index (κ3) is 6.54. The fourth-order valence-electron chi connectivity index (χ4n) is 2.75. The summed E-state index contributed by atoms with van der Waals surface area (Å²) in [6.45, 7) is 4.10. The van der Waals surface area contributed by atoms with Crippen LogP contribution in [0.15, 0.2) is 24.3 Å². The van der Waals surface area contributed by atoms with Gasteiger partial charge < -0.3 is 0 Å². The fourth-order valence-corrected chi connectivity index (χ4v) is 2.75. The zero-order chi connectivity index (χ0) is 15.7. The first-order valence-corrected chi connectivity index (χ1v) is 8.13. The van der Waals surface area contributed by atoms with Crippen molar-refractivity contribution in [1.29, 1.82) is 0 Å². The number of rotatable bonds is 9. The minimum Gasteiger partial charge on any atom is -0.166 e. The van der Waals surface area contributed by atoms with Crippen molar-refractivity contribution in [2.75, 3.05) is 0 Å². The van der Waals surface area contributed by atoms with Crippen LogP contribution in [0.4, 0.5) is 13.2 Å². The third-order valence-electron chi connectivity index (χ3n) is 4.04. The van der Waals surface area contributed by atoms with E-state index < -0.39 is 11.7 Å². The summed E-state index contributed by atoms with van der Waals surface area (Å²) in [4.78, 5) is 0. The zero-order valence-electron chi connectivity index (χ0n) is 13.2. The van der Waals surface area contributed by atoms with Crippen molar-refractivity contribution in [3.63, 3.8) is 0 Å². The van der Waals surface area contributed by atoms with Gasteiger partial charge in [-0.1, -0.05) is 77.0 Å². The number of benzene rings is 1. The molecule has 1 aromatic rings. The summed E-state index contributed by atoms with van der Waals surface area (Å²) < 4.78 is 38.9. The lowest BCUT2D eigenvalue weighted by Crippen LogP contribution is -2.10. The van der Waals surface area contributed by atoms with Crippen molar-refractivity contribution in [1.82, 2.24) is 0 Å². The molecule has 0 aliphatic heterocycles. The second kappa shape index (κ2) is 9.11. The molecular weight excluding hydrogens is 273 g/mol. The Hall–Kier alpha value is -0.990. The van der Waals surface area contributed by atoms with Gasteiger partial charge in [0.1, 0.15) is 0 Å². The smallest absolute Gasteiger partial charge is 0.166 e. The Morgan fingerprint density at radius 3 is 2.10 bits per heavy atom. The highest BCUT2D eigenvalue weighted by Gasteiger charge is 2.33. The van der Waals surface area contributed by atoms with E-state index >= 15 is 0 Å². The van der Waals surface area contributed by atoms with Crippen LogP contribution in [-0.2, 0) is 6.18 Å². The second-order valence-electron chi connectivity index (χ2n) is 5.90. The molecule has 0 heterocycles. The topological polar surface area (TPSA) is 0 Å². The molecule has 0 bridgehead atoms. The molecule has 0 aliphatic carbocycles. The minimum absolute atomic E-state index is 0.0292. The van der Waals surface area contributed by atoms with E-state index in [0.717, 1.165) is 19.3 Å². The molecule has 1 atom stereocenters. The standard InChI is InChI=1S/C18H27F3/c1-3-4-5-6-7-8-9-12-15(2)16-13-10-11-14-17(16)18(19,20)21/h10-11,13-15H,3-9,12H2,1-2H3. The van der Waals surface area contributed by atoms with Gasteiger partial charge in [-0.05, 0) is 24.0 Å². The van der Waals surface area contributed by atoms with E-state index in [1.165, 1.54) is 44.2 Å². The Morgan fingerprint density at radius 1 is 0.905 bits per heavy atom. The monoisotopic (exact) mass is 300 g/mol. The molecule has 0 aromatic heterocycles. The van der Waals surface area contributed by atoms with Crippen LogP contribution in [0.2, 0.25) is 0 Å². The van der Waals surface area contributed by atoms with Crippen molar-refractivity contribution < 1.29 is 13.2 Å². The van der Waals surface area contributed by atoms with Crippen LogP contribution in [0.3, 0.4) is 0 Å². The maximum absolute atomic E-state index is 13.0. The molecule has 1 unspecified atom stereocenters. The third-order valence-corrected chi connectivity index (χ3v) is 4.04. The van der Waals surface area contributed by atoms with Crippen LogP contribution < -0.4 is 0 Å². The van der Waals surface area contributed by atoms with Crippen LogP contribution in [0.25, 0.3) is 0 Å². The lowest BCUT2D eigenvalue weighted by molar-refractivity contribution is -0.138. The lowest BCUT2D eigenvalue weighted by Gasteiger charge is -2.18. The number of alkyl halides is 3. The van der Waals surface area contributed by atoms with E-state index in [1.807, 2.05) is 6.92 Å². The summed E-state index contributed by atoms with van der Waals surface area (Å²) in [7, 11) is 0. The average molecular weight is 300 g/mol. The Bertz CT molecular complexity index is 396. The highest BCUT2D eigenvalue weighted by Crippen LogP contribution is 2.36. The molecule has 3 heteroatoms. The molecule has 0 saturated carbocycles. The quantitative estimate of drug-likeness (QED) is 0.433. The van der Waals surface area contributed by atoms with Crippen LogP contribution in [0.5, 0.6) is 0 Å². The lowest BCUT2D eigenvalue weighted by atomic mass is 9.91. The SMILES string of the molecule is CCCCCCCCCC(C)c1ccccc1C(F)(F)F. The van der Waals surface area contributed by atoms with Crippen molar-refractivity contribution in [2.24, 2.45) is 0 Å². The van der Waals surface area contributed by atoms with Crippen LogP contribution in [0, 0.1) is 0 Å². The summed E-state index contributed by atoms with van der Waals surface area (Å²) in [5, 5.41) is 0. The van der Waals surface area contributed by atoms with Gasteiger partial charge in [-0.2, -0.15) is 13.2 Å². The highest BCUT2D eigenvalue weighted by atomic mass is 19.4. The molecule has 0 spiro atoms. The van der Waals surface area contributed by atoms with Gasteiger partial charge in [0.05, 0.1) is 5.56 Å². The van der Waals surface area contributed by atoms with Gasteiger partial charge in [-0.3, -0.25) is 0 Å². The van der Waals surface area contributed by atoms with E-state index in [2.05, 4.69) is 6.92 Å². The normalized spacial score (nSPS) is 13.4. The number of hydrogen-bond donors (Lipinski definition) is 0. The first kappa shape index (κ1) is 18.1. The Balaban J connectivity index is 2.41. The number of unbranched alkanes of at least 4 members (excludes halogenated alkanes) is 6. The van der Waals surface area contributed by atoms with E-state index in [4.69, 9.17) is 0 Å². The maximum atomic E-state index is 13.0. The molecule has 1 rings (SSSR count). The molecule has 0 N–H and O–H groups in total. The fraction of sp³-hybridized carbons (Fsp3) is 0.667. The molecule has 21 heavy (non-hydrogen) atoms. The molecule has 0 nitrogen and oxygen atoms in total. The van der Waals surface area contributed by atoms with E-state index in [-0.39, 0.29) is 5.92 Å². The van der Waals surface area contributed by atoms with Crippen molar-refractivity contribution >= 4 is 0 Å². The van der Waals surface area contributed by atoms with Gasteiger partial charge >= 0.3 is 6.18 Å². The largest absolute Gasteiger partial charge is 0.416 e. The zero-order valence-corrected chi connectivity index (χ0v) is 13.2. The number of halogens is 3. The Kier molecular flexibility index (Phi) is 7.84. The van der Waals surface area contributed by atoms with E-state index in [1.54, 1.807) is 12.1 Å². The molecule has 1 aromatic carbocycles. The molecule has 120 valence electrons. The van der Waals surface area contributed by atoms with Gasteiger partial charge in [0.2, 0.25) is 0 Å². The molecule has 0 aliphatic rings. The van der Waals surface area contributed by atoms with E-state index in [0.29, 0.717) is 5.56 Å². The summed E-state index contributed by atoms with van der Waals surface area (Å²) in [5.41, 5.74) is -0.0311. The van der Waals surface area contributed by atoms with Gasteiger partial charge in [0.15, 0.2) is 0 Å². The summed E-state index contributed by atoms with van der Waals surface area (Å²) in [6, 6.07) is 5.98. The first-order chi connectivity index (χ1) is 9.96. The molecule has 0 amide bonds. The highest BCUT2D eigenvalue weighted by molar-refractivity contribution is 5.32. The molecular formula is C18H27F3. The molecule has 0 fully saturated rings. The van der Waals surface area contributed by atoms with Gasteiger partial charge in [-0.25, -0.2) is 0 Å². The van der Waals surface area contributed by atoms with Crippen LogP contribution in [-0.4, -0.2) is 0 Å². The predicted octanol–water partition coefficient (Wildman–Crippen LogP) is 6.95. The summed E-state index contributed by atoms with van der Waals surface area (Å²) >= 11 is 0. The average Bonchev–Trinajstić information content (AvgIpc) is 2.45. The molecule has 0 saturated heterocycles. The van der Waals surface area contributed by atoms with Gasteiger partial charge in [-0.15, -0.1) is 0 Å². The minimum atomic E-state index is -4.25. The van der Waals surface area contributed by atoms with Crippen molar-refractivity contribution in [2.45, 2.75) is 77.3 Å². The van der Waals surface area contributed by atoms with Gasteiger partial charge in [0.25, 0.3) is 0 Å². The van der Waals surface area contributed by atoms with Gasteiger partial charge in [0, 0.05) is 0 Å².